The first kappa shape index (κ1) is 21.0. The SMILES string of the molecule is O=C(O)C1c2occc2CCN1S(=O)(=O)c1ccc(Oc2ccc(-n3cccn3)cc2)cc1. The number of carboxylic acids is 1. The van der Waals surface area contributed by atoms with Gasteiger partial charge in [0, 0.05) is 18.9 Å². The number of sulfonamides is 1. The number of carboxylic acid groups (broad SMARTS) is 1. The van der Waals surface area contributed by atoms with Gasteiger partial charge in [-0.2, -0.15) is 9.40 Å². The van der Waals surface area contributed by atoms with Gasteiger partial charge in [-0.3, -0.25) is 0 Å². The van der Waals surface area contributed by atoms with Crippen LogP contribution in [0.3, 0.4) is 0 Å². The highest BCUT2D eigenvalue weighted by atomic mass is 32.2. The van der Waals surface area contributed by atoms with E-state index >= 15 is 0 Å². The molecule has 0 radical (unpaired) electrons. The van der Waals surface area contributed by atoms with Crippen LogP contribution < -0.4 is 4.74 Å². The second-order valence-electron chi connectivity index (χ2n) is 7.43. The van der Waals surface area contributed by atoms with Crippen LogP contribution in [-0.4, -0.2) is 40.1 Å². The summed E-state index contributed by atoms with van der Waals surface area (Å²) in [5.74, 6) is -0.111. The average molecular weight is 465 g/mol. The van der Waals surface area contributed by atoms with Crippen molar-refractivity contribution in [3.05, 3.63) is 90.6 Å². The van der Waals surface area contributed by atoms with Gasteiger partial charge in [0.1, 0.15) is 17.3 Å². The van der Waals surface area contributed by atoms with Crippen molar-refractivity contribution in [2.45, 2.75) is 17.4 Å². The molecular formula is C23H19N3O6S. The fraction of sp³-hybridized carbons (Fsp3) is 0.130. The summed E-state index contributed by atoms with van der Waals surface area (Å²) >= 11 is 0. The molecule has 1 aliphatic rings. The largest absolute Gasteiger partial charge is 0.480 e. The van der Waals surface area contributed by atoms with Crippen LogP contribution in [-0.2, 0) is 21.2 Å². The number of rotatable bonds is 6. The fourth-order valence-corrected chi connectivity index (χ4v) is 5.36. The van der Waals surface area contributed by atoms with Crippen LogP contribution >= 0.6 is 0 Å². The lowest BCUT2D eigenvalue weighted by molar-refractivity contribution is -0.142. The molecule has 10 heteroatoms. The highest BCUT2D eigenvalue weighted by Crippen LogP contribution is 2.35. The van der Waals surface area contributed by atoms with Gasteiger partial charge in [-0.05, 0) is 72.6 Å². The molecule has 1 atom stereocenters. The monoisotopic (exact) mass is 465 g/mol. The van der Waals surface area contributed by atoms with E-state index in [4.69, 9.17) is 9.15 Å². The minimum atomic E-state index is -4.07. The number of benzene rings is 2. The van der Waals surface area contributed by atoms with Crippen LogP contribution in [0.15, 0.2) is 88.6 Å². The molecule has 5 rings (SSSR count). The molecule has 0 saturated carbocycles. The van der Waals surface area contributed by atoms with Gasteiger partial charge < -0.3 is 14.3 Å². The summed E-state index contributed by atoms with van der Waals surface area (Å²) in [4.78, 5) is 11.8. The minimum absolute atomic E-state index is 0.0230. The van der Waals surface area contributed by atoms with Crippen molar-refractivity contribution in [3.8, 4) is 17.2 Å². The predicted molar refractivity (Wildman–Crippen MR) is 117 cm³/mol. The van der Waals surface area contributed by atoms with E-state index in [-0.39, 0.29) is 17.2 Å². The Morgan fingerprint density at radius 3 is 2.39 bits per heavy atom. The summed E-state index contributed by atoms with van der Waals surface area (Å²) in [6.45, 7) is 0.0483. The van der Waals surface area contributed by atoms with Gasteiger partial charge in [0.25, 0.3) is 0 Å². The molecule has 0 fully saturated rings. The number of furan rings is 1. The van der Waals surface area contributed by atoms with Crippen molar-refractivity contribution in [1.82, 2.24) is 14.1 Å². The lowest BCUT2D eigenvalue weighted by Gasteiger charge is -2.31. The quantitative estimate of drug-likeness (QED) is 0.462. The average Bonchev–Trinajstić information content (AvgIpc) is 3.51. The molecule has 0 spiro atoms. The molecule has 3 heterocycles. The van der Waals surface area contributed by atoms with Crippen LogP contribution in [0.25, 0.3) is 5.69 Å². The zero-order valence-corrected chi connectivity index (χ0v) is 18.1. The summed E-state index contributed by atoms with van der Waals surface area (Å²) in [5, 5.41) is 13.8. The number of carbonyl (C=O) groups is 1. The predicted octanol–water partition coefficient (Wildman–Crippen LogP) is 3.63. The molecule has 33 heavy (non-hydrogen) atoms. The lowest BCUT2D eigenvalue weighted by atomic mass is 10.0. The molecule has 4 aromatic rings. The summed E-state index contributed by atoms with van der Waals surface area (Å²) in [5.41, 5.74) is 1.58. The molecule has 0 amide bonds. The Bertz CT molecular complexity index is 1380. The van der Waals surface area contributed by atoms with Gasteiger partial charge in [0.15, 0.2) is 6.04 Å². The van der Waals surface area contributed by atoms with Crippen LogP contribution in [0, 0.1) is 0 Å². The summed E-state index contributed by atoms with van der Waals surface area (Å²) in [6.07, 6.45) is 5.28. The van der Waals surface area contributed by atoms with Crippen molar-refractivity contribution in [2.75, 3.05) is 6.54 Å². The van der Waals surface area contributed by atoms with E-state index in [1.165, 1.54) is 30.5 Å². The maximum Gasteiger partial charge on any atom is 0.329 e. The van der Waals surface area contributed by atoms with E-state index in [0.717, 1.165) is 9.99 Å². The molecule has 0 aliphatic carbocycles. The fourth-order valence-electron chi connectivity index (χ4n) is 3.82. The Labute approximate surface area is 189 Å². The van der Waals surface area contributed by atoms with Crippen LogP contribution in [0.2, 0.25) is 0 Å². The Morgan fingerprint density at radius 2 is 1.76 bits per heavy atom. The number of hydrogen-bond donors (Lipinski definition) is 1. The Hall–Kier alpha value is -3.89. The van der Waals surface area contributed by atoms with Crippen molar-refractivity contribution in [1.29, 1.82) is 0 Å². The topological polar surface area (TPSA) is 115 Å². The minimum Gasteiger partial charge on any atom is -0.480 e. The highest BCUT2D eigenvalue weighted by molar-refractivity contribution is 7.89. The maximum atomic E-state index is 13.2. The van der Waals surface area contributed by atoms with Crippen molar-refractivity contribution in [2.24, 2.45) is 0 Å². The lowest BCUT2D eigenvalue weighted by Crippen LogP contribution is -2.43. The van der Waals surface area contributed by atoms with E-state index in [1.54, 1.807) is 29.1 Å². The normalized spacial score (nSPS) is 16.3. The second kappa shape index (κ2) is 8.23. The molecule has 1 aliphatic heterocycles. The molecular weight excluding hydrogens is 446 g/mol. The Balaban J connectivity index is 1.35. The zero-order valence-electron chi connectivity index (χ0n) is 17.2. The van der Waals surface area contributed by atoms with Gasteiger partial charge in [-0.25, -0.2) is 17.9 Å². The van der Waals surface area contributed by atoms with Gasteiger partial charge in [-0.1, -0.05) is 0 Å². The highest BCUT2D eigenvalue weighted by Gasteiger charge is 2.42. The third-order valence-electron chi connectivity index (χ3n) is 5.42. The molecule has 1 N–H and O–H groups in total. The number of fused-ring (bicyclic) bond motifs is 1. The number of hydrogen-bond acceptors (Lipinski definition) is 6. The first-order valence-electron chi connectivity index (χ1n) is 10.1. The summed E-state index contributed by atoms with van der Waals surface area (Å²) in [7, 11) is -4.07. The molecule has 2 aromatic carbocycles. The van der Waals surface area contributed by atoms with Crippen LogP contribution in [0.5, 0.6) is 11.5 Å². The van der Waals surface area contributed by atoms with Crippen molar-refractivity contribution < 1.29 is 27.5 Å². The van der Waals surface area contributed by atoms with Crippen LogP contribution in [0.4, 0.5) is 0 Å². The zero-order chi connectivity index (χ0) is 23.0. The second-order valence-corrected chi connectivity index (χ2v) is 9.33. The first-order chi connectivity index (χ1) is 15.9. The Kier molecular flexibility index (Phi) is 5.23. The number of nitrogens with zero attached hydrogens (tertiary/aromatic N) is 3. The molecule has 0 bridgehead atoms. The van der Waals surface area contributed by atoms with Crippen LogP contribution in [0.1, 0.15) is 17.4 Å². The molecule has 0 saturated heterocycles. The molecule has 2 aromatic heterocycles. The number of aromatic nitrogens is 2. The third kappa shape index (κ3) is 3.90. The third-order valence-corrected chi connectivity index (χ3v) is 7.30. The van der Waals surface area contributed by atoms with Gasteiger partial charge in [0.05, 0.1) is 16.8 Å². The van der Waals surface area contributed by atoms with E-state index < -0.39 is 22.0 Å². The van der Waals surface area contributed by atoms with Crippen molar-refractivity contribution >= 4 is 16.0 Å². The van der Waals surface area contributed by atoms with E-state index in [9.17, 15) is 18.3 Å². The number of ether oxygens (including phenoxy) is 1. The van der Waals surface area contributed by atoms with Gasteiger partial charge >= 0.3 is 5.97 Å². The standard InChI is InChI=1S/C23H19N3O6S/c27-23(28)21-22-16(11-15-31-22)10-14-26(21)33(29,30)20-8-6-19(7-9-20)32-18-4-2-17(3-5-18)25-13-1-12-24-25/h1-9,11-13,15,21H,10,14H2,(H,27,28). The van der Waals surface area contributed by atoms with E-state index in [2.05, 4.69) is 5.10 Å². The molecule has 168 valence electrons. The smallest absolute Gasteiger partial charge is 0.329 e. The summed E-state index contributed by atoms with van der Waals surface area (Å²) < 4.78 is 40.2. The first-order valence-corrected chi connectivity index (χ1v) is 11.6. The maximum absolute atomic E-state index is 13.2. The molecule has 1 unspecified atom stereocenters. The number of aliphatic carboxylic acids is 1. The van der Waals surface area contributed by atoms with Gasteiger partial charge in [0.2, 0.25) is 10.0 Å². The Morgan fingerprint density at radius 1 is 1.06 bits per heavy atom. The molecule has 9 nitrogen and oxygen atoms in total. The van der Waals surface area contributed by atoms with E-state index in [1.807, 2.05) is 24.4 Å². The summed E-state index contributed by atoms with van der Waals surface area (Å²) in [6, 6.07) is 15.2. The van der Waals surface area contributed by atoms with E-state index in [0.29, 0.717) is 23.5 Å². The van der Waals surface area contributed by atoms with Crippen molar-refractivity contribution in [3.63, 3.8) is 0 Å². The van der Waals surface area contributed by atoms with Gasteiger partial charge in [-0.15, -0.1) is 0 Å².